The summed E-state index contributed by atoms with van der Waals surface area (Å²) in [5.41, 5.74) is 0. The van der Waals surface area contributed by atoms with Crippen LogP contribution < -0.4 is 16.8 Å². The summed E-state index contributed by atoms with van der Waals surface area (Å²) >= 11 is -7.58. The van der Waals surface area contributed by atoms with Crippen molar-refractivity contribution in [2.45, 2.75) is 0 Å². The zero-order valence-electron chi connectivity index (χ0n) is 3.77. The fraction of sp³-hybridized carbons (Fsp3) is 0. The fourth-order valence-electron chi connectivity index (χ4n) is 0. The standard InChI is InChI=1S/2H2O3Se.Ti/c2*1-4(2)3;/h2*(H2,1,2,3);/q;;+4/p-4. The van der Waals surface area contributed by atoms with Crippen LogP contribution in [0, 0.1) is 0 Å². The van der Waals surface area contributed by atoms with Crippen molar-refractivity contribution in [3.8, 4) is 0 Å². The Hall–Kier alpha value is 1.19. The van der Waals surface area contributed by atoms with Gasteiger partial charge in [-0.3, -0.25) is 0 Å². The van der Waals surface area contributed by atoms with Gasteiger partial charge in [-0.05, 0) is 0 Å². The topological polar surface area (TPSA) is 126 Å². The molecule has 0 fully saturated rings. The third kappa shape index (κ3) is 334. The molecule has 0 atom stereocenters. The molecule has 0 radical (unpaired) electrons. The van der Waals surface area contributed by atoms with Crippen molar-refractivity contribution in [1.82, 2.24) is 0 Å². The summed E-state index contributed by atoms with van der Waals surface area (Å²) in [6, 6.07) is 0. The minimum atomic E-state index is -3.79. The van der Waals surface area contributed by atoms with Crippen LogP contribution in [0.2, 0.25) is 0 Å². The van der Waals surface area contributed by atoms with Gasteiger partial charge in [-0.1, -0.05) is 0 Å². The molecule has 0 N–H and O–H groups in total. The number of hydrogen-bond donors (Lipinski definition) is 0. The van der Waals surface area contributed by atoms with Crippen LogP contribution in [0.25, 0.3) is 0 Å². The van der Waals surface area contributed by atoms with Crippen molar-refractivity contribution in [2.24, 2.45) is 0 Å². The summed E-state index contributed by atoms with van der Waals surface area (Å²) in [5, 5.41) is 0. The van der Waals surface area contributed by atoms with Crippen molar-refractivity contribution in [2.75, 3.05) is 0 Å². The predicted octanol–water partition coefficient (Wildman–Crippen LogP) is -5.76. The van der Waals surface area contributed by atoms with Gasteiger partial charge >= 0.3 is 75.1 Å². The second kappa shape index (κ2) is 11.9. The van der Waals surface area contributed by atoms with Crippen LogP contribution in [0.15, 0.2) is 0 Å². The maximum absolute atomic E-state index is 8.54. The van der Waals surface area contributed by atoms with Gasteiger partial charge < -0.3 is 0 Å². The molecule has 0 saturated heterocycles. The van der Waals surface area contributed by atoms with Crippen LogP contribution in [0.1, 0.15) is 0 Å². The van der Waals surface area contributed by atoms with E-state index in [4.69, 9.17) is 24.4 Å². The molecular formula is O6Se2Ti. The molecule has 0 aliphatic heterocycles. The zero-order valence-corrected chi connectivity index (χ0v) is 8.75. The van der Waals surface area contributed by atoms with E-state index in [0.29, 0.717) is 0 Å². The van der Waals surface area contributed by atoms with Crippen molar-refractivity contribution in [3.63, 3.8) is 0 Å². The maximum atomic E-state index is 8.54. The van der Waals surface area contributed by atoms with Crippen molar-refractivity contribution >= 4 is 29.0 Å². The monoisotopic (exact) mass is 304 g/mol. The summed E-state index contributed by atoms with van der Waals surface area (Å²) < 4.78 is 51.2. The van der Waals surface area contributed by atoms with Crippen molar-refractivity contribution in [3.05, 3.63) is 0 Å². The Morgan fingerprint density at radius 1 is 0.778 bits per heavy atom. The van der Waals surface area contributed by atoms with Gasteiger partial charge in [0.1, 0.15) is 0 Å². The Morgan fingerprint density at radius 2 is 0.778 bits per heavy atom. The maximum Gasteiger partial charge on any atom is 4.00 e. The summed E-state index contributed by atoms with van der Waals surface area (Å²) in [6.45, 7) is 0. The van der Waals surface area contributed by atoms with Crippen LogP contribution in [0.5, 0.6) is 0 Å². The van der Waals surface area contributed by atoms with E-state index in [1.165, 1.54) is 0 Å². The van der Waals surface area contributed by atoms with E-state index in [1.807, 2.05) is 0 Å². The van der Waals surface area contributed by atoms with Gasteiger partial charge in [0.15, 0.2) is 0 Å². The summed E-state index contributed by atoms with van der Waals surface area (Å²) in [7, 11) is 0. The third-order valence-electron chi connectivity index (χ3n) is 0. The average Bonchev–Trinajstić information content (AvgIpc) is 1.25. The van der Waals surface area contributed by atoms with Gasteiger partial charge in [0.05, 0.1) is 0 Å². The summed E-state index contributed by atoms with van der Waals surface area (Å²) in [4.78, 5) is 0. The first kappa shape index (κ1) is 16.6. The second-order valence-electron chi connectivity index (χ2n) is 0.408. The second-order valence-corrected chi connectivity index (χ2v) is 2.12. The first-order chi connectivity index (χ1) is 3.46. The first-order valence-electron chi connectivity index (χ1n) is 1.00. The molecule has 0 spiro atoms. The normalized spacial score (nSPS) is 7.78. The van der Waals surface area contributed by atoms with E-state index in [1.54, 1.807) is 0 Å². The Balaban J connectivity index is -0.0000000720. The van der Waals surface area contributed by atoms with Gasteiger partial charge in [0.2, 0.25) is 0 Å². The molecule has 0 unspecified atom stereocenters. The molecule has 0 heterocycles. The quantitative estimate of drug-likeness (QED) is 0.410. The van der Waals surface area contributed by atoms with Crippen LogP contribution >= 0.6 is 0 Å². The van der Waals surface area contributed by atoms with Crippen LogP contribution in [0.4, 0.5) is 0 Å². The molecule has 0 amide bonds. The minimum absolute atomic E-state index is 0. The van der Waals surface area contributed by atoms with E-state index >= 15 is 0 Å². The van der Waals surface area contributed by atoms with Crippen molar-refractivity contribution in [1.29, 1.82) is 0 Å². The zero-order chi connectivity index (χ0) is 7.15. The van der Waals surface area contributed by atoms with Gasteiger partial charge in [-0.25, -0.2) is 0 Å². The van der Waals surface area contributed by atoms with Crippen LogP contribution in [0.3, 0.4) is 0 Å². The molecule has 0 aliphatic rings. The first-order valence-corrected chi connectivity index (χ1v) is 5.20. The predicted molar refractivity (Wildman–Crippen MR) is 12.9 cm³/mol. The van der Waals surface area contributed by atoms with Gasteiger partial charge in [-0.15, -0.1) is 0 Å². The molecule has 0 aromatic heterocycles. The van der Waals surface area contributed by atoms with E-state index in [0.717, 1.165) is 0 Å². The van der Waals surface area contributed by atoms with E-state index in [-0.39, 0.29) is 21.7 Å². The number of rotatable bonds is 0. The molecule has 6 nitrogen and oxygen atoms in total. The smallest absolute Gasteiger partial charge is 4.00 e. The van der Waals surface area contributed by atoms with Gasteiger partial charge in [0.25, 0.3) is 0 Å². The SMILES string of the molecule is O=[Se]([O-])[O-].O=[Se]([O-])[O-].[Ti+4]. The molecule has 0 aliphatic carbocycles. The van der Waals surface area contributed by atoms with Gasteiger partial charge in [-0.2, -0.15) is 0 Å². The summed E-state index contributed by atoms with van der Waals surface area (Å²) in [5.74, 6) is 0. The molecule has 0 saturated carbocycles. The van der Waals surface area contributed by atoms with E-state index in [2.05, 4.69) is 0 Å². The fourth-order valence-corrected chi connectivity index (χ4v) is 0. The molecule has 9 heteroatoms. The Bertz CT molecular complexity index is 69.1. The van der Waals surface area contributed by atoms with Crippen molar-refractivity contribution < 1.29 is 46.1 Å². The Kier molecular flexibility index (Phi) is 22.1. The summed E-state index contributed by atoms with van der Waals surface area (Å²) in [6.07, 6.45) is 0. The van der Waals surface area contributed by atoms with Gasteiger partial charge in [0, 0.05) is 0 Å². The number of hydrogen-bond acceptors (Lipinski definition) is 6. The molecule has 0 rings (SSSR count). The average molecular weight is 302 g/mol. The van der Waals surface area contributed by atoms with Crippen LogP contribution in [-0.4, -0.2) is 29.0 Å². The molecular weight excluding hydrogens is 302 g/mol. The third-order valence-corrected chi connectivity index (χ3v) is 0. The molecule has 52 valence electrons. The van der Waals surface area contributed by atoms with E-state index in [9.17, 15) is 0 Å². The minimum Gasteiger partial charge on any atom is 4.00 e. The molecule has 0 aromatic carbocycles. The van der Waals surface area contributed by atoms with E-state index < -0.39 is 29.0 Å². The largest absolute Gasteiger partial charge is 4.00 e. The molecule has 9 heavy (non-hydrogen) atoms. The molecule has 0 aromatic rings. The van der Waals surface area contributed by atoms with Crippen LogP contribution in [-0.2, 0) is 29.4 Å². The molecule has 0 bridgehead atoms. The Morgan fingerprint density at radius 3 is 0.778 bits per heavy atom. The Labute approximate surface area is 74.9 Å².